The van der Waals surface area contributed by atoms with Crippen LogP contribution in [0, 0.1) is 6.92 Å². The van der Waals surface area contributed by atoms with Crippen molar-refractivity contribution in [1.29, 1.82) is 0 Å². The molecule has 0 spiro atoms. The molecular formula is C23H29ClN2O5S. The maximum Gasteiger partial charge on any atom is 0.338 e. The Morgan fingerprint density at radius 3 is 2.34 bits per heavy atom. The molecule has 0 aliphatic heterocycles. The fourth-order valence-electron chi connectivity index (χ4n) is 3.05. The number of aryl methyl sites for hydroxylation is 2. The van der Waals surface area contributed by atoms with Crippen LogP contribution in [0.4, 0.5) is 0 Å². The third-order valence-electron chi connectivity index (χ3n) is 4.91. The molecule has 0 atom stereocenters. The van der Waals surface area contributed by atoms with Gasteiger partial charge in [-0.25, -0.2) is 13.2 Å². The smallest absolute Gasteiger partial charge is 0.338 e. The van der Waals surface area contributed by atoms with Crippen molar-refractivity contribution in [3.63, 3.8) is 0 Å². The Kier molecular flexibility index (Phi) is 9.68. The van der Waals surface area contributed by atoms with Crippen molar-refractivity contribution >= 4 is 33.5 Å². The van der Waals surface area contributed by atoms with Crippen LogP contribution in [-0.4, -0.2) is 50.8 Å². The third kappa shape index (κ3) is 7.05. The lowest BCUT2D eigenvalue weighted by molar-refractivity contribution is -0.121. The number of sulfonamides is 1. The minimum absolute atomic E-state index is 0.0319. The molecule has 0 heterocycles. The lowest BCUT2D eigenvalue weighted by atomic mass is 10.1. The number of carbonyl (C=O) groups excluding carboxylic acids is 2. The van der Waals surface area contributed by atoms with E-state index >= 15 is 0 Å². The molecule has 9 heteroatoms. The largest absolute Gasteiger partial charge is 0.460 e. The van der Waals surface area contributed by atoms with Crippen LogP contribution in [0.1, 0.15) is 41.8 Å². The van der Waals surface area contributed by atoms with Crippen molar-refractivity contribution < 1.29 is 22.7 Å². The van der Waals surface area contributed by atoms with Crippen LogP contribution in [0.15, 0.2) is 47.4 Å². The van der Waals surface area contributed by atoms with Crippen molar-refractivity contribution in [3.8, 4) is 0 Å². The number of nitrogens with zero attached hydrogens (tertiary/aromatic N) is 1. The number of rotatable bonds is 11. The number of carbonyl (C=O) groups is 2. The Morgan fingerprint density at radius 2 is 1.72 bits per heavy atom. The summed E-state index contributed by atoms with van der Waals surface area (Å²) in [6, 6.07) is 12.0. The highest BCUT2D eigenvalue weighted by Crippen LogP contribution is 2.26. The Morgan fingerprint density at radius 1 is 1.06 bits per heavy atom. The van der Waals surface area contributed by atoms with E-state index in [2.05, 4.69) is 5.32 Å². The predicted octanol–water partition coefficient (Wildman–Crippen LogP) is 3.58. The maximum atomic E-state index is 12.7. The van der Waals surface area contributed by atoms with Gasteiger partial charge in [0, 0.05) is 19.5 Å². The summed E-state index contributed by atoms with van der Waals surface area (Å²) in [5, 5.41) is 2.74. The maximum absolute atomic E-state index is 12.7. The Labute approximate surface area is 194 Å². The molecule has 0 fully saturated rings. The Bertz CT molecular complexity index is 1030. The first-order chi connectivity index (χ1) is 15.2. The van der Waals surface area contributed by atoms with Gasteiger partial charge < -0.3 is 10.1 Å². The van der Waals surface area contributed by atoms with Crippen LogP contribution < -0.4 is 5.32 Å². The molecule has 0 saturated carbocycles. The predicted molar refractivity (Wildman–Crippen MR) is 124 cm³/mol. The summed E-state index contributed by atoms with van der Waals surface area (Å²) in [5.41, 5.74) is 2.32. The van der Waals surface area contributed by atoms with E-state index in [1.807, 2.05) is 31.2 Å². The second-order valence-corrected chi connectivity index (χ2v) is 9.52. The van der Waals surface area contributed by atoms with Crippen LogP contribution >= 0.6 is 11.6 Å². The molecule has 2 rings (SSSR count). The van der Waals surface area contributed by atoms with E-state index < -0.39 is 16.0 Å². The van der Waals surface area contributed by atoms with Gasteiger partial charge in [-0.05, 0) is 37.1 Å². The highest BCUT2D eigenvalue weighted by Gasteiger charge is 2.25. The molecule has 174 valence electrons. The SMILES string of the molecule is CCN(CC)S(=O)(=O)c1cc(C(=O)OCCNC(=O)CCc2ccc(C)cc2)ccc1Cl. The molecule has 2 aromatic rings. The highest BCUT2D eigenvalue weighted by atomic mass is 35.5. The van der Waals surface area contributed by atoms with E-state index in [0.29, 0.717) is 12.8 Å². The summed E-state index contributed by atoms with van der Waals surface area (Å²) in [6.07, 6.45) is 0.960. The first-order valence-corrected chi connectivity index (χ1v) is 12.3. The zero-order valence-electron chi connectivity index (χ0n) is 18.6. The molecule has 0 aromatic heterocycles. The number of hydrogen-bond acceptors (Lipinski definition) is 5. The van der Waals surface area contributed by atoms with Gasteiger partial charge in [-0.2, -0.15) is 4.31 Å². The molecule has 1 amide bonds. The van der Waals surface area contributed by atoms with Crippen molar-refractivity contribution in [1.82, 2.24) is 9.62 Å². The molecule has 0 aliphatic rings. The average molecular weight is 481 g/mol. The van der Waals surface area contributed by atoms with Crippen LogP contribution in [0.3, 0.4) is 0 Å². The monoisotopic (exact) mass is 480 g/mol. The lowest BCUT2D eigenvalue weighted by Gasteiger charge is -2.19. The van der Waals surface area contributed by atoms with E-state index in [-0.39, 0.29) is 47.6 Å². The normalized spacial score (nSPS) is 11.4. The Balaban J connectivity index is 1.86. The van der Waals surface area contributed by atoms with Crippen molar-refractivity contribution in [2.75, 3.05) is 26.2 Å². The van der Waals surface area contributed by atoms with Crippen LogP contribution in [0.2, 0.25) is 5.02 Å². The first kappa shape index (κ1) is 25.8. The second kappa shape index (κ2) is 12.0. The molecule has 0 radical (unpaired) electrons. The highest BCUT2D eigenvalue weighted by molar-refractivity contribution is 7.89. The molecule has 32 heavy (non-hydrogen) atoms. The number of benzene rings is 2. The van der Waals surface area contributed by atoms with Gasteiger partial charge in [0.25, 0.3) is 0 Å². The minimum atomic E-state index is -3.82. The molecular weight excluding hydrogens is 452 g/mol. The van der Waals surface area contributed by atoms with Crippen molar-refractivity contribution in [3.05, 3.63) is 64.2 Å². The van der Waals surface area contributed by atoms with Gasteiger partial charge in [0.15, 0.2) is 0 Å². The Hall–Kier alpha value is -2.42. The summed E-state index contributed by atoms with van der Waals surface area (Å²) >= 11 is 6.08. The molecule has 2 aromatic carbocycles. The van der Waals surface area contributed by atoms with Gasteiger partial charge in [0.05, 0.1) is 17.1 Å². The van der Waals surface area contributed by atoms with Crippen molar-refractivity contribution in [2.45, 2.75) is 38.5 Å². The lowest BCUT2D eigenvalue weighted by Crippen LogP contribution is -2.31. The number of ether oxygens (including phenoxy) is 1. The number of esters is 1. The number of hydrogen-bond donors (Lipinski definition) is 1. The summed E-state index contributed by atoms with van der Waals surface area (Å²) in [7, 11) is -3.82. The van der Waals surface area contributed by atoms with Crippen molar-refractivity contribution in [2.24, 2.45) is 0 Å². The molecule has 0 aliphatic carbocycles. The number of amides is 1. The zero-order valence-corrected chi connectivity index (χ0v) is 20.1. The number of halogens is 1. The zero-order chi connectivity index (χ0) is 23.7. The van der Waals surface area contributed by atoms with Crippen LogP contribution in [0.25, 0.3) is 0 Å². The standard InChI is InChI=1S/C23H29ClN2O5S/c1-4-26(5-2)32(29,30)21-16-19(11-12-20(21)24)23(28)31-15-14-25-22(27)13-10-18-8-6-17(3)7-9-18/h6-9,11-12,16H,4-5,10,13-15H2,1-3H3,(H,25,27). The molecule has 1 N–H and O–H groups in total. The van der Waals surface area contributed by atoms with Gasteiger partial charge in [-0.1, -0.05) is 55.3 Å². The quantitative estimate of drug-likeness (QED) is 0.392. The topological polar surface area (TPSA) is 92.8 Å². The van der Waals surface area contributed by atoms with E-state index in [0.717, 1.165) is 5.56 Å². The first-order valence-electron chi connectivity index (χ1n) is 10.5. The molecule has 0 saturated heterocycles. The fraction of sp³-hybridized carbons (Fsp3) is 0.391. The van der Waals surface area contributed by atoms with Gasteiger partial charge in [-0.3, -0.25) is 4.79 Å². The van der Waals surface area contributed by atoms with Gasteiger partial charge in [-0.15, -0.1) is 0 Å². The second-order valence-electron chi connectivity index (χ2n) is 7.21. The van der Waals surface area contributed by atoms with Gasteiger partial charge in [0.2, 0.25) is 15.9 Å². The molecule has 0 unspecified atom stereocenters. The van der Waals surface area contributed by atoms with Gasteiger partial charge in [0.1, 0.15) is 11.5 Å². The number of nitrogens with one attached hydrogen (secondary N) is 1. The summed E-state index contributed by atoms with van der Waals surface area (Å²) in [5.74, 6) is -0.827. The average Bonchev–Trinajstić information content (AvgIpc) is 2.77. The summed E-state index contributed by atoms with van der Waals surface area (Å²) in [4.78, 5) is 24.2. The third-order valence-corrected chi connectivity index (χ3v) is 7.44. The van der Waals surface area contributed by atoms with E-state index in [4.69, 9.17) is 16.3 Å². The summed E-state index contributed by atoms with van der Waals surface area (Å²) in [6.45, 7) is 6.16. The van der Waals surface area contributed by atoms with Crippen LogP contribution in [0.5, 0.6) is 0 Å². The summed E-state index contributed by atoms with van der Waals surface area (Å²) < 4.78 is 31.9. The van der Waals surface area contributed by atoms with Crippen LogP contribution in [-0.2, 0) is 26.0 Å². The van der Waals surface area contributed by atoms with E-state index in [1.54, 1.807) is 13.8 Å². The van der Waals surface area contributed by atoms with E-state index in [9.17, 15) is 18.0 Å². The van der Waals surface area contributed by atoms with E-state index in [1.165, 1.54) is 28.1 Å². The fourth-order valence-corrected chi connectivity index (χ4v) is 5.01. The van der Waals surface area contributed by atoms with Gasteiger partial charge >= 0.3 is 5.97 Å². The molecule has 7 nitrogen and oxygen atoms in total. The minimum Gasteiger partial charge on any atom is -0.460 e. The molecule has 0 bridgehead atoms.